The zero-order valence-electron chi connectivity index (χ0n) is 18.9. The van der Waals surface area contributed by atoms with Crippen molar-refractivity contribution >= 4 is 17.7 Å². The lowest BCUT2D eigenvalue weighted by Gasteiger charge is -2.15. The molecule has 4 rings (SSSR count). The van der Waals surface area contributed by atoms with Crippen LogP contribution in [-0.4, -0.2) is 35.8 Å². The summed E-state index contributed by atoms with van der Waals surface area (Å²) in [4.78, 5) is 24.6. The molecule has 7 heteroatoms. The lowest BCUT2D eigenvalue weighted by Crippen LogP contribution is -2.33. The third-order valence-corrected chi connectivity index (χ3v) is 5.93. The number of carbonyl (C=O) groups is 2. The Balaban J connectivity index is 1.38. The van der Waals surface area contributed by atoms with Gasteiger partial charge in [0.15, 0.2) is 0 Å². The van der Waals surface area contributed by atoms with Gasteiger partial charge in [0.2, 0.25) is 5.91 Å². The first-order valence-corrected chi connectivity index (χ1v) is 11.1. The molecule has 0 unspecified atom stereocenters. The van der Waals surface area contributed by atoms with E-state index >= 15 is 0 Å². The molecule has 1 aliphatic rings. The number of benzene rings is 2. The molecule has 1 atom stereocenters. The van der Waals surface area contributed by atoms with Crippen molar-refractivity contribution in [1.82, 2.24) is 9.88 Å². The van der Waals surface area contributed by atoms with Crippen molar-refractivity contribution in [2.45, 2.75) is 32.3 Å². The molecule has 0 saturated carbocycles. The molecule has 1 N–H and O–H groups in total. The van der Waals surface area contributed by atoms with E-state index in [0.29, 0.717) is 11.3 Å². The Bertz CT molecular complexity index is 1140. The number of aryl methyl sites for hydroxylation is 3. The molecule has 33 heavy (non-hydrogen) atoms. The predicted molar refractivity (Wildman–Crippen MR) is 126 cm³/mol. The number of nitrogens with zero attached hydrogens (tertiary/aromatic N) is 2. The van der Waals surface area contributed by atoms with Gasteiger partial charge in [0.05, 0.1) is 18.8 Å². The van der Waals surface area contributed by atoms with Gasteiger partial charge in [0.1, 0.15) is 11.9 Å². The van der Waals surface area contributed by atoms with Gasteiger partial charge < -0.3 is 14.6 Å². The van der Waals surface area contributed by atoms with E-state index in [4.69, 9.17) is 4.74 Å². The summed E-state index contributed by atoms with van der Waals surface area (Å²) in [6.45, 7) is 1.89. The summed E-state index contributed by atoms with van der Waals surface area (Å²) in [6.07, 6.45) is 4.08. The number of cyclic esters (lactones) is 1. The highest BCUT2D eigenvalue weighted by atomic mass is 19.1. The summed E-state index contributed by atoms with van der Waals surface area (Å²) in [5, 5.41) is 2.63. The first-order valence-electron chi connectivity index (χ1n) is 11.1. The monoisotopic (exact) mass is 449 g/mol. The van der Waals surface area contributed by atoms with E-state index < -0.39 is 18.0 Å². The smallest absolute Gasteiger partial charge is 0.414 e. The number of amides is 2. The number of aromatic nitrogens is 1. The SMILES string of the molecule is CC(=O)NC[C@H]1CN(c2ccc(-c3ccc(CCCc4cccn4C)cc3)c(F)c2)C(=O)O1. The average molecular weight is 450 g/mol. The number of carbonyl (C=O) groups excluding carboxylic acids is 2. The summed E-state index contributed by atoms with van der Waals surface area (Å²) in [5.74, 6) is -0.593. The fourth-order valence-corrected chi connectivity index (χ4v) is 4.08. The van der Waals surface area contributed by atoms with Crippen molar-refractivity contribution in [3.63, 3.8) is 0 Å². The molecule has 1 fully saturated rings. The number of nitrogens with one attached hydrogen (secondary N) is 1. The van der Waals surface area contributed by atoms with Gasteiger partial charge in [0, 0.05) is 31.4 Å². The molecule has 0 aliphatic carbocycles. The Hall–Kier alpha value is -3.61. The van der Waals surface area contributed by atoms with E-state index in [9.17, 15) is 14.0 Å². The van der Waals surface area contributed by atoms with Gasteiger partial charge in [0.25, 0.3) is 0 Å². The van der Waals surface area contributed by atoms with Crippen LogP contribution in [0.2, 0.25) is 0 Å². The molecular weight excluding hydrogens is 421 g/mol. The molecule has 3 aromatic rings. The van der Waals surface area contributed by atoms with Crippen LogP contribution in [0, 0.1) is 5.82 Å². The minimum Gasteiger partial charge on any atom is -0.442 e. The second-order valence-corrected chi connectivity index (χ2v) is 8.38. The Morgan fingerprint density at radius 3 is 2.61 bits per heavy atom. The minimum atomic E-state index is -0.544. The van der Waals surface area contributed by atoms with Gasteiger partial charge in [-0.3, -0.25) is 9.69 Å². The maximum Gasteiger partial charge on any atom is 0.414 e. The topological polar surface area (TPSA) is 63.6 Å². The Labute approximate surface area is 193 Å². The van der Waals surface area contributed by atoms with Gasteiger partial charge >= 0.3 is 6.09 Å². The van der Waals surface area contributed by atoms with Crippen LogP contribution in [0.25, 0.3) is 11.1 Å². The molecule has 1 aromatic heterocycles. The normalized spacial score (nSPS) is 15.5. The maximum atomic E-state index is 14.9. The van der Waals surface area contributed by atoms with E-state index in [-0.39, 0.29) is 19.0 Å². The second-order valence-electron chi connectivity index (χ2n) is 8.38. The fraction of sp³-hybridized carbons (Fsp3) is 0.308. The molecule has 0 radical (unpaired) electrons. The van der Waals surface area contributed by atoms with Crippen LogP contribution >= 0.6 is 0 Å². The van der Waals surface area contributed by atoms with E-state index in [2.05, 4.69) is 35.3 Å². The highest BCUT2D eigenvalue weighted by molar-refractivity contribution is 5.90. The standard InChI is InChI=1S/C26H28FN3O3/c1-18(31)28-16-23-17-30(26(32)33-23)22-12-13-24(25(27)15-22)20-10-8-19(9-11-20)5-3-6-21-7-4-14-29(21)2/h4,7-15,23H,3,5-6,16-17H2,1-2H3,(H,28,31)/t23-/m0/s1. The molecule has 2 amide bonds. The number of halogens is 1. The Morgan fingerprint density at radius 2 is 1.94 bits per heavy atom. The lowest BCUT2D eigenvalue weighted by molar-refractivity contribution is -0.119. The highest BCUT2D eigenvalue weighted by Crippen LogP contribution is 2.29. The first kappa shape index (κ1) is 22.6. The van der Waals surface area contributed by atoms with E-state index in [1.165, 1.54) is 29.1 Å². The summed E-state index contributed by atoms with van der Waals surface area (Å²) in [5.41, 5.74) is 4.24. The van der Waals surface area contributed by atoms with Gasteiger partial charge in [-0.1, -0.05) is 24.3 Å². The van der Waals surface area contributed by atoms with Crippen molar-refractivity contribution in [2.75, 3.05) is 18.0 Å². The molecule has 0 spiro atoms. The zero-order chi connectivity index (χ0) is 23.4. The van der Waals surface area contributed by atoms with Crippen LogP contribution in [0.1, 0.15) is 24.6 Å². The van der Waals surface area contributed by atoms with Crippen molar-refractivity contribution in [1.29, 1.82) is 0 Å². The average Bonchev–Trinajstić information content (AvgIpc) is 3.38. The molecule has 1 aliphatic heterocycles. The van der Waals surface area contributed by atoms with Crippen LogP contribution in [0.4, 0.5) is 14.9 Å². The number of anilines is 1. The molecule has 0 bridgehead atoms. The van der Waals surface area contributed by atoms with Crippen molar-refractivity contribution in [2.24, 2.45) is 7.05 Å². The maximum absolute atomic E-state index is 14.9. The van der Waals surface area contributed by atoms with Crippen molar-refractivity contribution in [3.8, 4) is 11.1 Å². The van der Waals surface area contributed by atoms with Gasteiger partial charge in [-0.05, 0) is 60.7 Å². The predicted octanol–water partition coefficient (Wildman–Crippen LogP) is 4.47. The zero-order valence-corrected chi connectivity index (χ0v) is 18.9. The van der Waals surface area contributed by atoms with Crippen LogP contribution in [0.5, 0.6) is 0 Å². The Kier molecular flexibility index (Phi) is 6.77. The molecule has 1 saturated heterocycles. The summed E-state index contributed by atoms with van der Waals surface area (Å²) >= 11 is 0. The van der Waals surface area contributed by atoms with Crippen LogP contribution in [-0.2, 0) is 29.4 Å². The number of hydrogen-bond donors (Lipinski definition) is 1. The third kappa shape index (κ3) is 5.42. The number of rotatable bonds is 8. The van der Waals surface area contributed by atoms with E-state index in [0.717, 1.165) is 24.8 Å². The van der Waals surface area contributed by atoms with Gasteiger partial charge in [-0.2, -0.15) is 0 Å². The van der Waals surface area contributed by atoms with E-state index in [1.807, 2.05) is 24.3 Å². The molecular formula is C26H28FN3O3. The molecule has 2 heterocycles. The summed E-state index contributed by atoms with van der Waals surface area (Å²) in [6, 6.07) is 16.9. The number of ether oxygens (including phenoxy) is 1. The largest absolute Gasteiger partial charge is 0.442 e. The van der Waals surface area contributed by atoms with Crippen molar-refractivity contribution in [3.05, 3.63) is 77.9 Å². The van der Waals surface area contributed by atoms with Gasteiger partial charge in [-0.25, -0.2) is 9.18 Å². The fourth-order valence-electron chi connectivity index (χ4n) is 4.08. The van der Waals surface area contributed by atoms with Crippen LogP contribution in [0.3, 0.4) is 0 Å². The molecule has 2 aromatic carbocycles. The molecule has 172 valence electrons. The van der Waals surface area contributed by atoms with E-state index in [1.54, 1.807) is 12.1 Å². The second kappa shape index (κ2) is 9.90. The third-order valence-electron chi connectivity index (χ3n) is 5.93. The molecule has 6 nitrogen and oxygen atoms in total. The van der Waals surface area contributed by atoms with Crippen LogP contribution in [0.15, 0.2) is 60.8 Å². The number of hydrogen-bond acceptors (Lipinski definition) is 3. The highest BCUT2D eigenvalue weighted by Gasteiger charge is 2.32. The quantitative estimate of drug-likeness (QED) is 0.552. The summed E-state index contributed by atoms with van der Waals surface area (Å²) < 4.78 is 22.3. The minimum absolute atomic E-state index is 0.193. The van der Waals surface area contributed by atoms with Crippen molar-refractivity contribution < 1.29 is 18.7 Å². The summed E-state index contributed by atoms with van der Waals surface area (Å²) in [7, 11) is 2.06. The Morgan fingerprint density at radius 1 is 1.15 bits per heavy atom. The van der Waals surface area contributed by atoms with Gasteiger partial charge in [-0.15, -0.1) is 0 Å². The first-order chi connectivity index (χ1) is 15.9. The van der Waals surface area contributed by atoms with Crippen LogP contribution < -0.4 is 10.2 Å². The lowest BCUT2D eigenvalue weighted by atomic mass is 10.0.